The Labute approximate surface area is 255 Å². The lowest BCUT2D eigenvalue weighted by Gasteiger charge is -2.25. The van der Waals surface area contributed by atoms with Gasteiger partial charge in [-0.25, -0.2) is 4.79 Å². The Balaban J connectivity index is 2.16. The fourth-order valence-electron chi connectivity index (χ4n) is 4.13. The minimum Gasteiger partial charge on any atom is -0.508 e. The zero-order valence-electron chi connectivity index (χ0n) is 24.1. The second-order valence-corrected chi connectivity index (χ2v) is 10.9. The van der Waals surface area contributed by atoms with Crippen molar-refractivity contribution in [2.75, 3.05) is 18.6 Å². The molecule has 0 spiro atoms. The lowest BCUT2D eigenvalue weighted by molar-refractivity contribution is -0.142. The van der Waals surface area contributed by atoms with Crippen LogP contribution in [0.25, 0.3) is 0 Å². The molecule has 43 heavy (non-hydrogen) atoms. The smallest absolute Gasteiger partial charge is 0.326 e. The quantitative estimate of drug-likeness (QED) is 0.0627. The number of thioether (sulfide) groups is 1. The lowest BCUT2D eigenvalue weighted by Crippen LogP contribution is -2.57. The predicted molar refractivity (Wildman–Crippen MR) is 166 cm³/mol. The molecule has 0 aliphatic carbocycles. The van der Waals surface area contributed by atoms with Crippen LogP contribution in [0.4, 0.5) is 0 Å². The molecule has 0 aliphatic rings. The molecule has 0 radical (unpaired) electrons. The van der Waals surface area contributed by atoms with E-state index >= 15 is 0 Å². The first-order valence-corrected chi connectivity index (χ1v) is 15.1. The molecule has 0 saturated heterocycles. The monoisotopic (exact) mass is 615 g/mol. The van der Waals surface area contributed by atoms with Crippen molar-refractivity contribution in [1.82, 2.24) is 16.0 Å². The third-order valence-electron chi connectivity index (χ3n) is 6.45. The molecule has 11 N–H and O–H groups in total. The molecule has 0 aliphatic heterocycles. The summed E-state index contributed by atoms with van der Waals surface area (Å²) >= 11 is 1.48. The molecule has 0 heterocycles. The van der Waals surface area contributed by atoms with Gasteiger partial charge >= 0.3 is 5.97 Å². The van der Waals surface area contributed by atoms with Gasteiger partial charge in [0.1, 0.15) is 23.9 Å². The van der Waals surface area contributed by atoms with Crippen LogP contribution in [-0.4, -0.2) is 82.6 Å². The number of hydrogen-bond acceptors (Lipinski definition) is 8. The number of carbonyl (C=O) groups is 4. The molecule has 3 amide bonds. The van der Waals surface area contributed by atoms with E-state index in [9.17, 15) is 29.4 Å². The van der Waals surface area contributed by atoms with Crippen molar-refractivity contribution in [3.63, 3.8) is 0 Å². The Kier molecular flexibility index (Phi) is 14.8. The van der Waals surface area contributed by atoms with Gasteiger partial charge in [0.05, 0.1) is 6.04 Å². The third kappa shape index (κ3) is 13.0. The molecular formula is C29H41N7O6S. The zero-order chi connectivity index (χ0) is 31.8. The maximum atomic E-state index is 13.4. The van der Waals surface area contributed by atoms with Crippen molar-refractivity contribution in [1.29, 1.82) is 0 Å². The highest BCUT2D eigenvalue weighted by Crippen LogP contribution is 2.12. The second kappa shape index (κ2) is 18.3. The van der Waals surface area contributed by atoms with Crippen LogP contribution < -0.4 is 33.2 Å². The zero-order valence-corrected chi connectivity index (χ0v) is 24.9. The number of benzene rings is 2. The number of amides is 3. The molecule has 0 saturated carbocycles. The molecule has 0 aromatic heterocycles. The van der Waals surface area contributed by atoms with Crippen LogP contribution in [0.2, 0.25) is 0 Å². The van der Waals surface area contributed by atoms with Gasteiger partial charge in [-0.15, -0.1) is 0 Å². The van der Waals surface area contributed by atoms with E-state index in [1.807, 2.05) is 36.6 Å². The van der Waals surface area contributed by atoms with Crippen molar-refractivity contribution >= 4 is 41.4 Å². The van der Waals surface area contributed by atoms with Gasteiger partial charge in [-0.05, 0) is 61.0 Å². The molecule has 0 bridgehead atoms. The topological polar surface area (TPSA) is 235 Å². The van der Waals surface area contributed by atoms with Crippen LogP contribution in [0.3, 0.4) is 0 Å². The minimum atomic E-state index is -1.31. The van der Waals surface area contributed by atoms with E-state index in [2.05, 4.69) is 20.9 Å². The summed E-state index contributed by atoms with van der Waals surface area (Å²) in [7, 11) is 0. The van der Waals surface area contributed by atoms with Crippen LogP contribution in [0.5, 0.6) is 5.75 Å². The van der Waals surface area contributed by atoms with E-state index in [1.54, 1.807) is 12.1 Å². The fraction of sp³-hybridized carbons (Fsp3) is 0.414. The van der Waals surface area contributed by atoms with Gasteiger partial charge in [0.25, 0.3) is 0 Å². The first-order chi connectivity index (χ1) is 20.5. The van der Waals surface area contributed by atoms with E-state index in [0.29, 0.717) is 17.7 Å². The summed E-state index contributed by atoms with van der Waals surface area (Å²) in [6.45, 7) is 0.179. The Morgan fingerprint density at radius 3 is 1.95 bits per heavy atom. The van der Waals surface area contributed by atoms with E-state index in [0.717, 1.165) is 5.56 Å². The Hall–Kier alpha value is -4.30. The Morgan fingerprint density at radius 1 is 0.814 bits per heavy atom. The van der Waals surface area contributed by atoms with Crippen molar-refractivity contribution in [2.24, 2.45) is 22.2 Å². The number of phenols is 1. The molecule has 13 nitrogen and oxygen atoms in total. The highest BCUT2D eigenvalue weighted by molar-refractivity contribution is 7.98. The van der Waals surface area contributed by atoms with E-state index in [1.165, 1.54) is 23.9 Å². The molecule has 2 rings (SSSR count). The molecule has 2 aromatic rings. The summed E-state index contributed by atoms with van der Waals surface area (Å²) < 4.78 is 0. The number of nitrogens with one attached hydrogen (secondary N) is 3. The van der Waals surface area contributed by atoms with Crippen molar-refractivity contribution in [2.45, 2.75) is 56.3 Å². The largest absolute Gasteiger partial charge is 0.508 e. The first kappa shape index (κ1) is 34.9. The highest BCUT2D eigenvalue weighted by atomic mass is 32.2. The maximum absolute atomic E-state index is 13.4. The number of phenolic OH excluding ortho intramolecular Hbond substituents is 1. The van der Waals surface area contributed by atoms with E-state index < -0.39 is 47.9 Å². The maximum Gasteiger partial charge on any atom is 0.326 e. The number of carbonyl (C=O) groups excluding carboxylic acids is 3. The number of rotatable bonds is 18. The van der Waals surface area contributed by atoms with Gasteiger partial charge in [0.15, 0.2) is 5.96 Å². The van der Waals surface area contributed by atoms with Crippen LogP contribution in [0, 0.1) is 0 Å². The minimum absolute atomic E-state index is 0.0207. The van der Waals surface area contributed by atoms with E-state index in [-0.39, 0.29) is 43.9 Å². The number of carboxylic acids is 1. The van der Waals surface area contributed by atoms with Gasteiger partial charge in [-0.3, -0.25) is 19.4 Å². The number of aliphatic carboxylic acids is 1. The number of nitrogens with zero attached hydrogens (tertiary/aromatic N) is 1. The normalized spacial score (nSPS) is 13.5. The number of guanidine groups is 1. The number of aliphatic imine (C=N–C) groups is 1. The van der Waals surface area contributed by atoms with Gasteiger partial charge in [0.2, 0.25) is 17.7 Å². The van der Waals surface area contributed by atoms with Crippen molar-refractivity contribution in [3.05, 3.63) is 65.7 Å². The standard InChI is InChI=1S/C29H41N7O6S/c1-43-15-13-23(34-25(38)21(30)16-18-6-3-2-4-7-18)27(40)35-22(8-5-14-33-29(31)32)26(39)36-24(28(41)42)17-19-9-11-20(37)12-10-19/h2-4,6-7,9-12,21-24,37H,5,8,13-17,30H2,1H3,(H,34,38)(H,35,40)(H,36,39)(H,41,42)(H4,31,32,33). The highest BCUT2D eigenvalue weighted by Gasteiger charge is 2.30. The molecule has 234 valence electrons. The van der Waals surface area contributed by atoms with Crippen LogP contribution in [0.15, 0.2) is 59.6 Å². The predicted octanol–water partition coefficient (Wildman–Crippen LogP) is -0.150. The molecule has 4 atom stereocenters. The average molecular weight is 616 g/mol. The number of nitrogens with two attached hydrogens (primary N) is 3. The van der Waals surface area contributed by atoms with E-state index in [4.69, 9.17) is 17.2 Å². The summed E-state index contributed by atoms with van der Waals surface area (Å²) in [5.74, 6) is -2.68. The third-order valence-corrected chi connectivity index (χ3v) is 7.09. The summed E-state index contributed by atoms with van der Waals surface area (Å²) in [6, 6.07) is 10.8. The van der Waals surface area contributed by atoms with Gasteiger partial charge < -0.3 is 43.4 Å². The number of hydrogen-bond donors (Lipinski definition) is 8. The van der Waals surface area contributed by atoms with Gasteiger partial charge in [-0.2, -0.15) is 11.8 Å². The molecule has 4 unspecified atom stereocenters. The second-order valence-electron chi connectivity index (χ2n) is 9.92. The van der Waals surface area contributed by atoms with Crippen LogP contribution in [-0.2, 0) is 32.0 Å². The summed E-state index contributed by atoms with van der Waals surface area (Å²) in [5.41, 5.74) is 18.3. The summed E-state index contributed by atoms with van der Waals surface area (Å²) in [6.07, 6.45) is 2.75. The van der Waals surface area contributed by atoms with Gasteiger partial charge in [0, 0.05) is 13.0 Å². The SMILES string of the molecule is CSCCC(NC(=O)C(N)Cc1ccccc1)C(=O)NC(CCCN=C(N)N)C(=O)NC(Cc1ccc(O)cc1)C(=O)O. The molecular weight excluding hydrogens is 574 g/mol. The molecule has 2 aromatic carbocycles. The summed E-state index contributed by atoms with van der Waals surface area (Å²) in [5, 5.41) is 27.1. The number of carboxylic acid groups (broad SMARTS) is 1. The van der Waals surface area contributed by atoms with Crippen molar-refractivity contribution < 1.29 is 29.4 Å². The number of aromatic hydroxyl groups is 1. The fourth-order valence-corrected chi connectivity index (χ4v) is 4.60. The Bertz CT molecular complexity index is 1230. The van der Waals surface area contributed by atoms with Crippen LogP contribution >= 0.6 is 11.8 Å². The molecule has 0 fully saturated rings. The summed E-state index contributed by atoms with van der Waals surface area (Å²) in [4.78, 5) is 55.5. The Morgan fingerprint density at radius 2 is 1.37 bits per heavy atom. The first-order valence-electron chi connectivity index (χ1n) is 13.8. The van der Waals surface area contributed by atoms with Crippen LogP contribution in [0.1, 0.15) is 30.4 Å². The van der Waals surface area contributed by atoms with Crippen molar-refractivity contribution in [3.8, 4) is 5.75 Å². The lowest BCUT2D eigenvalue weighted by atomic mass is 10.0. The molecule has 14 heteroatoms. The van der Waals surface area contributed by atoms with Gasteiger partial charge in [-0.1, -0.05) is 42.5 Å². The average Bonchev–Trinajstić information content (AvgIpc) is 2.97.